The highest BCUT2D eigenvalue weighted by molar-refractivity contribution is 5.94. The van der Waals surface area contributed by atoms with Gasteiger partial charge >= 0.3 is 0 Å². The molecule has 2 aliphatic heterocycles. The van der Waals surface area contributed by atoms with Crippen molar-refractivity contribution in [3.8, 4) is 16.9 Å². The van der Waals surface area contributed by atoms with Crippen LogP contribution < -0.4 is 10.1 Å². The number of rotatable bonds is 7. The average molecular weight is 509 g/mol. The van der Waals surface area contributed by atoms with Crippen molar-refractivity contribution < 1.29 is 9.53 Å². The Bertz CT molecular complexity index is 1210. The lowest BCUT2D eigenvalue weighted by Crippen LogP contribution is -2.38. The predicted octanol–water partition coefficient (Wildman–Crippen LogP) is 6.85. The number of fused-ring (bicyclic) bond motifs is 1. The van der Waals surface area contributed by atoms with Gasteiger partial charge in [0.15, 0.2) is 0 Å². The van der Waals surface area contributed by atoms with Crippen molar-refractivity contribution in [2.75, 3.05) is 26.2 Å². The number of likely N-dealkylation sites (tertiary alicyclic amines) is 1. The van der Waals surface area contributed by atoms with Gasteiger partial charge in [0, 0.05) is 23.6 Å². The topological polar surface area (TPSA) is 41.6 Å². The van der Waals surface area contributed by atoms with Crippen LogP contribution in [0.1, 0.15) is 72.3 Å². The minimum absolute atomic E-state index is 0.0616. The fourth-order valence-corrected chi connectivity index (χ4v) is 6.77. The Morgan fingerprint density at radius 1 is 0.816 bits per heavy atom. The SMILES string of the molecule is O=C(N[C@H]1CC[C@H](CCN2CCC(c3cccc4c3CCO4)CC2)CC1)c1ccc(-c2ccccc2)cc1. The van der Waals surface area contributed by atoms with Crippen LogP contribution in [0.15, 0.2) is 72.8 Å². The highest BCUT2D eigenvalue weighted by Gasteiger charge is 2.27. The van der Waals surface area contributed by atoms with Crippen molar-refractivity contribution in [1.82, 2.24) is 10.2 Å². The molecule has 198 valence electrons. The third-order valence-electron chi connectivity index (χ3n) is 9.10. The number of hydrogen-bond donors (Lipinski definition) is 1. The number of nitrogens with zero attached hydrogens (tertiary/aromatic N) is 1. The van der Waals surface area contributed by atoms with E-state index in [2.05, 4.69) is 40.5 Å². The van der Waals surface area contributed by atoms with Gasteiger partial charge in [-0.1, -0.05) is 54.6 Å². The molecule has 1 amide bonds. The summed E-state index contributed by atoms with van der Waals surface area (Å²) in [7, 11) is 0. The van der Waals surface area contributed by atoms with Crippen molar-refractivity contribution in [1.29, 1.82) is 0 Å². The maximum Gasteiger partial charge on any atom is 0.251 e. The van der Waals surface area contributed by atoms with E-state index in [-0.39, 0.29) is 5.91 Å². The lowest BCUT2D eigenvalue weighted by molar-refractivity contribution is 0.0919. The molecular formula is C34H40N2O2. The lowest BCUT2D eigenvalue weighted by Gasteiger charge is -2.35. The zero-order valence-corrected chi connectivity index (χ0v) is 22.4. The van der Waals surface area contributed by atoms with E-state index in [0.717, 1.165) is 48.7 Å². The molecule has 0 aromatic heterocycles. The van der Waals surface area contributed by atoms with Crippen molar-refractivity contribution in [2.24, 2.45) is 5.92 Å². The summed E-state index contributed by atoms with van der Waals surface area (Å²) in [6.07, 6.45) is 9.55. The van der Waals surface area contributed by atoms with Crippen LogP contribution in [0.25, 0.3) is 11.1 Å². The van der Waals surface area contributed by atoms with Gasteiger partial charge in [0.2, 0.25) is 0 Å². The fraction of sp³-hybridized carbons (Fsp3) is 0.441. The van der Waals surface area contributed by atoms with E-state index in [0.29, 0.717) is 12.0 Å². The molecule has 0 unspecified atom stereocenters. The largest absolute Gasteiger partial charge is 0.493 e. The first-order valence-electron chi connectivity index (χ1n) is 14.7. The van der Waals surface area contributed by atoms with E-state index in [9.17, 15) is 4.79 Å². The Morgan fingerprint density at radius 2 is 1.55 bits per heavy atom. The molecular weight excluding hydrogens is 468 g/mol. The summed E-state index contributed by atoms with van der Waals surface area (Å²) >= 11 is 0. The fourth-order valence-electron chi connectivity index (χ4n) is 6.77. The minimum atomic E-state index is 0.0616. The molecule has 0 atom stereocenters. The van der Waals surface area contributed by atoms with Crippen molar-refractivity contribution in [2.45, 2.75) is 63.3 Å². The van der Waals surface area contributed by atoms with Gasteiger partial charge in [-0.25, -0.2) is 0 Å². The molecule has 4 nitrogen and oxygen atoms in total. The van der Waals surface area contributed by atoms with Gasteiger partial charge in [0.05, 0.1) is 6.61 Å². The van der Waals surface area contributed by atoms with Gasteiger partial charge in [0.1, 0.15) is 5.75 Å². The second-order valence-corrected chi connectivity index (χ2v) is 11.5. The van der Waals surface area contributed by atoms with Gasteiger partial charge in [0.25, 0.3) is 5.91 Å². The first-order valence-corrected chi connectivity index (χ1v) is 14.7. The summed E-state index contributed by atoms with van der Waals surface area (Å²) in [4.78, 5) is 15.5. The molecule has 1 aliphatic carbocycles. The third-order valence-corrected chi connectivity index (χ3v) is 9.10. The molecule has 38 heavy (non-hydrogen) atoms. The molecule has 4 heteroatoms. The Labute approximate surface area is 227 Å². The minimum Gasteiger partial charge on any atom is -0.493 e. The predicted molar refractivity (Wildman–Crippen MR) is 154 cm³/mol. The van der Waals surface area contributed by atoms with Crippen molar-refractivity contribution in [3.05, 3.63) is 89.5 Å². The molecule has 2 fully saturated rings. The van der Waals surface area contributed by atoms with Crippen LogP contribution in [-0.4, -0.2) is 43.1 Å². The Morgan fingerprint density at radius 3 is 2.32 bits per heavy atom. The van der Waals surface area contributed by atoms with E-state index in [4.69, 9.17) is 4.74 Å². The third kappa shape index (κ3) is 5.81. The first kappa shape index (κ1) is 25.2. The zero-order valence-electron chi connectivity index (χ0n) is 22.4. The van der Waals surface area contributed by atoms with Crippen LogP contribution in [0.3, 0.4) is 0 Å². The quantitative estimate of drug-likeness (QED) is 0.380. The number of ether oxygens (including phenoxy) is 1. The standard InChI is InChI=1S/C34H40N2O2/c37-34(29-13-11-27(12-14-29)26-5-2-1-3-6-26)35-30-15-9-25(10-16-30)17-21-36-22-18-28(19-23-36)31-7-4-8-33-32(31)20-24-38-33/h1-8,11-14,25,28,30H,9-10,15-24H2,(H,35,37)/t25-,30-. The number of nitrogens with one attached hydrogen (secondary N) is 1. The van der Waals surface area contributed by atoms with Gasteiger partial charge in [-0.2, -0.15) is 0 Å². The van der Waals surface area contributed by atoms with Crippen LogP contribution >= 0.6 is 0 Å². The molecule has 3 aromatic carbocycles. The number of benzene rings is 3. The number of amides is 1. The van der Waals surface area contributed by atoms with Gasteiger partial charge in [-0.15, -0.1) is 0 Å². The van der Waals surface area contributed by atoms with E-state index in [1.165, 1.54) is 62.9 Å². The Hall–Kier alpha value is -3.11. The van der Waals surface area contributed by atoms with Crippen LogP contribution in [0, 0.1) is 5.92 Å². The number of carbonyl (C=O) groups is 1. The van der Waals surface area contributed by atoms with Crippen molar-refractivity contribution in [3.63, 3.8) is 0 Å². The summed E-state index contributed by atoms with van der Waals surface area (Å²) in [6.45, 7) is 4.49. The summed E-state index contributed by atoms with van der Waals surface area (Å²) in [5, 5.41) is 3.30. The summed E-state index contributed by atoms with van der Waals surface area (Å²) in [5.74, 6) is 2.67. The molecule has 1 saturated heterocycles. The van der Waals surface area contributed by atoms with E-state index in [1.54, 1.807) is 5.56 Å². The van der Waals surface area contributed by atoms with Crippen molar-refractivity contribution >= 4 is 5.91 Å². The lowest BCUT2D eigenvalue weighted by atomic mass is 9.83. The van der Waals surface area contributed by atoms with Crippen LogP contribution in [0.4, 0.5) is 0 Å². The number of piperidine rings is 1. The molecule has 0 spiro atoms. The number of carbonyl (C=O) groups excluding carboxylic acids is 1. The molecule has 3 aromatic rings. The van der Waals surface area contributed by atoms with Crippen LogP contribution in [-0.2, 0) is 6.42 Å². The normalized spacial score (nSPS) is 22.0. The van der Waals surface area contributed by atoms with E-state index in [1.807, 2.05) is 42.5 Å². The molecule has 0 radical (unpaired) electrons. The Balaban J connectivity index is 0.911. The summed E-state index contributed by atoms with van der Waals surface area (Å²) < 4.78 is 5.79. The van der Waals surface area contributed by atoms with Gasteiger partial charge in [-0.3, -0.25) is 4.79 Å². The Kier molecular flexibility index (Phi) is 7.78. The number of hydrogen-bond acceptors (Lipinski definition) is 3. The second-order valence-electron chi connectivity index (χ2n) is 11.5. The molecule has 3 aliphatic rings. The molecule has 1 N–H and O–H groups in total. The summed E-state index contributed by atoms with van der Waals surface area (Å²) in [5.41, 5.74) is 6.09. The smallest absolute Gasteiger partial charge is 0.251 e. The van der Waals surface area contributed by atoms with E-state index < -0.39 is 0 Å². The maximum absolute atomic E-state index is 12.8. The maximum atomic E-state index is 12.8. The highest BCUT2D eigenvalue weighted by atomic mass is 16.5. The highest BCUT2D eigenvalue weighted by Crippen LogP contribution is 2.37. The monoisotopic (exact) mass is 508 g/mol. The van der Waals surface area contributed by atoms with Gasteiger partial charge < -0.3 is 15.0 Å². The van der Waals surface area contributed by atoms with Crippen LogP contribution in [0.5, 0.6) is 5.75 Å². The molecule has 1 saturated carbocycles. The summed E-state index contributed by atoms with van der Waals surface area (Å²) in [6, 6.07) is 25.2. The molecule has 6 rings (SSSR count). The van der Waals surface area contributed by atoms with Gasteiger partial charge in [-0.05, 0) is 111 Å². The van der Waals surface area contributed by atoms with Crippen LogP contribution in [0.2, 0.25) is 0 Å². The second kappa shape index (κ2) is 11.7. The average Bonchev–Trinajstić information content (AvgIpc) is 3.47. The molecule has 2 heterocycles. The zero-order chi connectivity index (χ0) is 25.7. The van der Waals surface area contributed by atoms with E-state index >= 15 is 0 Å². The molecule has 0 bridgehead atoms. The first-order chi connectivity index (χ1) is 18.7.